The molecule has 1 amide bonds. The minimum absolute atomic E-state index is 0.180. The van der Waals surface area contributed by atoms with Gasteiger partial charge in [-0.15, -0.1) is 0 Å². The Morgan fingerprint density at radius 3 is 2.50 bits per heavy atom. The minimum atomic E-state index is -3.19. The van der Waals surface area contributed by atoms with Crippen molar-refractivity contribution in [2.75, 3.05) is 12.0 Å². The summed E-state index contributed by atoms with van der Waals surface area (Å²) in [5, 5.41) is 2.75. The third-order valence-corrected chi connectivity index (χ3v) is 3.24. The molecule has 1 aliphatic rings. The van der Waals surface area contributed by atoms with Crippen LogP contribution in [0.1, 0.15) is 26.2 Å². The van der Waals surface area contributed by atoms with E-state index in [9.17, 15) is 13.2 Å². The molecule has 0 radical (unpaired) electrons. The van der Waals surface area contributed by atoms with Crippen molar-refractivity contribution in [3.05, 3.63) is 0 Å². The van der Waals surface area contributed by atoms with Crippen LogP contribution in [0.2, 0.25) is 0 Å². The number of carbonyl (C=O) groups excluding carboxylic acids is 1. The van der Waals surface area contributed by atoms with Gasteiger partial charge in [0, 0.05) is 12.3 Å². The summed E-state index contributed by atoms with van der Waals surface area (Å²) >= 11 is 0. The molecule has 1 N–H and O–H groups in total. The molecular formula is C9H17NO3S. The van der Waals surface area contributed by atoms with Crippen molar-refractivity contribution in [1.82, 2.24) is 5.32 Å². The molecule has 14 heavy (non-hydrogen) atoms. The van der Waals surface area contributed by atoms with E-state index in [2.05, 4.69) is 12.2 Å². The van der Waals surface area contributed by atoms with Gasteiger partial charge in [-0.05, 0) is 25.2 Å². The van der Waals surface area contributed by atoms with Crippen molar-refractivity contribution >= 4 is 15.7 Å². The summed E-state index contributed by atoms with van der Waals surface area (Å²) in [6, 6.07) is 0.180. The van der Waals surface area contributed by atoms with Crippen molar-refractivity contribution < 1.29 is 13.2 Å². The summed E-state index contributed by atoms with van der Waals surface area (Å²) in [6.45, 7) is 2.14. The van der Waals surface area contributed by atoms with Gasteiger partial charge in [0.1, 0.15) is 5.75 Å². The zero-order valence-electron chi connectivity index (χ0n) is 8.62. The van der Waals surface area contributed by atoms with Crippen LogP contribution in [0.25, 0.3) is 0 Å². The van der Waals surface area contributed by atoms with Crippen LogP contribution in [0.5, 0.6) is 0 Å². The van der Waals surface area contributed by atoms with Gasteiger partial charge in [-0.1, -0.05) is 6.92 Å². The molecule has 0 spiro atoms. The zero-order chi connectivity index (χ0) is 10.8. The number of amides is 1. The second-order valence-electron chi connectivity index (χ2n) is 4.25. The highest BCUT2D eigenvalue weighted by Gasteiger charge is 2.23. The molecule has 0 aromatic rings. The third-order valence-electron chi connectivity index (χ3n) is 2.45. The molecule has 0 aromatic carbocycles. The standard InChI is InChI=1S/C9H17NO3S/c1-7-3-4-8(5-7)10-9(11)6-14(2,12)13/h7-8H,3-6H2,1-2H3,(H,10,11). The highest BCUT2D eigenvalue weighted by Crippen LogP contribution is 2.24. The summed E-state index contributed by atoms with van der Waals surface area (Å²) < 4.78 is 21.6. The van der Waals surface area contributed by atoms with Crippen LogP contribution in [-0.2, 0) is 14.6 Å². The number of nitrogens with one attached hydrogen (secondary N) is 1. The smallest absolute Gasteiger partial charge is 0.235 e. The van der Waals surface area contributed by atoms with Crippen LogP contribution >= 0.6 is 0 Å². The first-order valence-electron chi connectivity index (χ1n) is 4.84. The second-order valence-corrected chi connectivity index (χ2v) is 6.39. The largest absolute Gasteiger partial charge is 0.352 e. The lowest BCUT2D eigenvalue weighted by molar-refractivity contribution is -0.119. The van der Waals surface area contributed by atoms with Gasteiger partial charge in [-0.2, -0.15) is 0 Å². The molecule has 1 saturated carbocycles. The monoisotopic (exact) mass is 219 g/mol. The molecule has 1 fully saturated rings. The zero-order valence-corrected chi connectivity index (χ0v) is 9.43. The maximum absolute atomic E-state index is 11.2. The fourth-order valence-electron chi connectivity index (χ4n) is 1.85. The summed E-state index contributed by atoms with van der Waals surface area (Å²) in [7, 11) is -3.19. The summed E-state index contributed by atoms with van der Waals surface area (Å²) in [6.07, 6.45) is 4.12. The van der Waals surface area contributed by atoms with Gasteiger partial charge < -0.3 is 5.32 Å². The van der Waals surface area contributed by atoms with E-state index < -0.39 is 15.6 Å². The normalized spacial score (nSPS) is 27.6. The average molecular weight is 219 g/mol. The van der Waals surface area contributed by atoms with E-state index in [0.717, 1.165) is 25.5 Å². The quantitative estimate of drug-likeness (QED) is 0.744. The van der Waals surface area contributed by atoms with Crippen molar-refractivity contribution in [2.24, 2.45) is 5.92 Å². The molecule has 82 valence electrons. The van der Waals surface area contributed by atoms with Gasteiger partial charge in [-0.25, -0.2) is 8.42 Å². The molecule has 2 unspecified atom stereocenters. The predicted octanol–water partition coefficient (Wildman–Crippen LogP) is 0.336. The summed E-state index contributed by atoms with van der Waals surface area (Å²) in [5.74, 6) is -0.122. The number of sulfone groups is 1. The van der Waals surface area contributed by atoms with Crippen molar-refractivity contribution in [3.8, 4) is 0 Å². The maximum atomic E-state index is 11.2. The Morgan fingerprint density at radius 1 is 1.43 bits per heavy atom. The Morgan fingerprint density at radius 2 is 2.07 bits per heavy atom. The lowest BCUT2D eigenvalue weighted by Crippen LogP contribution is -2.36. The van der Waals surface area contributed by atoms with E-state index in [1.165, 1.54) is 0 Å². The summed E-state index contributed by atoms with van der Waals surface area (Å²) in [5.41, 5.74) is 0. The Hall–Kier alpha value is -0.580. The first kappa shape index (κ1) is 11.5. The Kier molecular flexibility index (Phi) is 3.53. The molecule has 4 nitrogen and oxygen atoms in total. The Balaban J connectivity index is 2.35. The van der Waals surface area contributed by atoms with Crippen LogP contribution in [0.4, 0.5) is 0 Å². The van der Waals surface area contributed by atoms with Crippen LogP contribution < -0.4 is 5.32 Å². The molecule has 0 heterocycles. The number of hydrogen-bond donors (Lipinski definition) is 1. The van der Waals surface area contributed by atoms with Gasteiger partial charge in [0.25, 0.3) is 0 Å². The van der Waals surface area contributed by atoms with Crippen molar-refractivity contribution in [3.63, 3.8) is 0 Å². The number of hydrogen-bond acceptors (Lipinski definition) is 3. The highest BCUT2D eigenvalue weighted by molar-refractivity contribution is 7.91. The SMILES string of the molecule is CC1CCC(NC(=O)CS(C)(=O)=O)C1. The van der Waals surface area contributed by atoms with E-state index in [1.54, 1.807) is 0 Å². The predicted molar refractivity (Wildman–Crippen MR) is 54.7 cm³/mol. The Bertz CT molecular complexity index is 310. The third kappa shape index (κ3) is 4.09. The topological polar surface area (TPSA) is 63.2 Å². The lowest BCUT2D eigenvalue weighted by atomic mass is 10.1. The second kappa shape index (κ2) is 4.29. The van der Waals surface area contributed by atoms with E-state index in [0.29, 0.717) is 5.92 Å². The molecule has 2 atom stereocenters. The molecular weight excluding hydrogens is 202 g/mol. The molecule has 0 bridgehead atoms. The van der Waals surface area contributed by atoms with Crippen LogP contribution in [-0.4, -0.2) is 32.4 Å². The van der Waals surface area contributed by atoms with Gasteiger partial charge in [0.15, 0.2) is 9.84 Å². The first-order valence-corrected chi connectivity index (χ1v) is 6.90. The van der Waals surface area contributed by atoms with Crippen LogP contribution in [0.15, 0.2) is 0 Å². The van der Waals surface area contributed by atoms with Crippen LogP contribution in [0.3, 0.4) is 0 Å². The van der Waals surface area contributed by atoms with Gasteiger partial charge in [-0.3, -0.25) is 4.79 Å². The molecule has 0 saturated heterocycles. The highest BCUT2D eigenvalue weighted by atomic mass is 32.2. The molecule has 5 heteroatoms. The van der Waals surface area contributed by atoms with E-state index in [4.69, 9.17) is 0 Å². The van der Waals surface area contributed by atoms with Gasteiger partial charge in [0.2, 0.25) is 5.91 Å². The van der Waals surface area contributed by atoms with Crippen LogP contribution in [0, 0.1) is 5.92 Å². The van der Waals surface area contributed by atoms with E-state index in [-0.39, 0.29) is 11.9 Å². The fourth-order valence-corrected chi connectivity index (χ4v) is 2.41. The Labute approximate surface area is 85.0 Å². The fraction of sp³-hybridized carbons (Fsp3) is 0.889. The molecule has 0 aromatic heterocycles. The lowest BCUT2D eigenvalue weighted by Gasteiger charge is -2.11. The molecule has 1 aliphatic carbocycles. The maximum Gasteiger partial charge on any atom is 0.235 e. The van der Waals surface area contributed by atoms with E-state index >= 15 is 0 Å². The average Bonchev–Trinajstić information content (AvgIpc) is 2.30. The minimum Gasteiger partial charge on any atom is -0.352 e. The molecule has 1 rings (SSSR count). The number of carbonyl (C=O) groups is 1. The van der Waals surface area contributed by atoms with Gasteiger partial charge >= 0.3 is 0 Å². The van der Waals surface area contributed by atoms with E-state index in [1.807, 2.05) is 0 Å². The summed E-state index contributed by atoms with van der Waals surface area (Å²) in [4.78, 5) is 11.2. The first-order chi connectivity index (χ1) is 6.37. The molecule has 0 aliphatic heterocycles. The van der Waals surface area contributed by atoms with Crippen molar-refractivity contribution in [2.45, 2.75) is 32.2 Å². The number of rotatable bonds is 3. The van der Waals surface area contributed by atoms with Crippen molar-refractivity contribution in [1.29, 1.82) is 0 Å². The van der Waals surface area contributed by atoms with Gasteiger partial charge in [0.05, 0.1) is 0 Å².